The summed E-state index contributed by atoms with van der Waals surface area (Å²) in [6.45, 7) is 0. The van der Waals surface area contributed by atoms with Crippen molar-refractivity contribution in [1.82, 2.24) is 14.5 Å². The predicted octanol–water partition coefficient (Wildman–Crippen LogP) is 12.1. The number of furan rings is 2. The molecule has 7 heteroatoms. The maximum Gasteiger partial charge on any atom is 0.160 e. The van der Waals surface area contributed by atoms with Crippen LogP contribution < -0.4 is 0 Å². The van der Waals surface area contributed by atoms with Gasteiger partial charge in [0.1, 0.15) is 34.5 Å². The van der Waals surface area contributed by atoms with Crippen LogP contribution in [-0.4, -0.2) is 14.5 Å². The molecule has 4 heterocycles. The van der Waals surface area contributed by atoms with E-state index in [1.807, 2.05) is 121 Å². The van der Waals surface area contributed by atoms with Crippen LogP contribution in [0.15, 0.2) is 160 Å². The molecule has 0 aliphatic rings. The molecule has 0 radical (unpaired) electrons. The van der Waals surface area contributed by atoms with Crippen molar-refractivity contribution in [1.29, 1.82) is 10.5 Å². The van der Waals surface area contributed by atoms with E-state index in [-0.39, 0.29) is 0 Å². The maximum atomic E-state index is 10.8. The molecule has 0 N–H and O–H groups in total. The normalized spacial score (nSPS) is 11.6. The minimum atomic E-state index is 0.317. The van der Waals surface area contributed by atoms with Crippen molar-refractivity contribution in [3.05, 3.63) is 163 Å². The molecule has 0 fully saturated rings. The van der Waals surface area contributed by atoms with E-state index < -0.39 is 0 Å². The van der Waals surface area contributed by atoms with Crippen molar-refractivity contribution in [2.24, 2.45) is 0 Å². The molecule has 0 amide bonds. The Hall–Kier alpha value is -8.00. The number of benzene rings is 7. The minimum Gasteiger partial charge on any atom is -0.456 e. The summed E-state index contributed by atoms with van der Waals surface area (Å²) in [5.41, 5.74) is 9.42. The molecule has 11 rings (SSSR count). The third-order valence-corrected chi connectivity index (χ3v) is 10.5. The number of hydrogen-bond acceptors (Lipinski definition) is 6. The molecule has 254 valence electrons. The molecule has 7 aromatic carbocycles. The van der Waals surface area contributed by atoms with Crippen LogP contribution in [0.2, 0.25) is 0 Å². The van der Waals surface area contributed by atoms with E-state index >= 15 is 0 Å². The van der Waals surface area contributed by atoms with Crippen LogP contribution in [0.3, 0.4) is 0 Å². The number of para-hydroxylation sites is 3. The van der Waals surface area contributed by atoms with Crippen molar-refractivity contribution in [3.63, 3.8) is 0 Å². The van der Waals surface area contributed by atoms with E-state index in [1.165, 1.54) is 0 Å². The summed E-state index contributed by atoms with van der Waals surface area (Å²) in [6.07, 6.45) is 0. The lowest BCUT2D eigenvalue weighted by Crippen LogP contribution is -2.02. The summed E-state index contributed by atoms with van der Waals surface area (Å²) < 4.78 is 14.9. The number of nitrogens with zero attached hydrogens (tertiary/aromatic N) is 5. The van der Waals surface area contributed by atoms with Crippen molar-refractivity contribution in [2.75, 3.05) is 0 Å². The van der Waals surface area contributed by atoms with Crippen LogP contribution in [0.1, 0.15) is 11.1 Å². The molecule has 0 atom stereocenters. The highest BCUT2D eigenvalue weighted by Gasteiger charge is 2.23. The van der Waals surface area contributed by atoms with E-state index in [0.29, 0.717) is 39.6 Å². The van der Waals surface area contributed by atoms with E-state index in [1.54, 1.807) is 0 Å². The molecule has 0 aliphatic carbocycles. The number of hydrogen-bond donors (Lipinski definition) is 0. The zero-order valence-corrected chi connectivity index (χ0v) is 29.0. The molecular formula is C48H25N5O2. The fraction of sp³-hybridized carbons (Fsp3) is 0. The Morgan fingerprint density at radius 1 is 0.473 bits per heavy atom. The first-order valence-corrected chi connectivity index (χ1v) is 17.9. The first kappa shape index (κ1) is 30.6. The second-order valence-electron chi connectivity index (χ2n) is 13.5. The molecule has 7 nitrogen and oxygen atoms in total. The maximum absolute atomic E-state index is 10.8. The average molecular weight is 704 g/mol. The summed E-state index contributed by atoms with van der Waals surface area (Å²) >= 11 is 0. The third-order valence-electron chi connectivity index (χ3n) is 10.5. The summed E-state index contributed by atoms with van der Waals surface area (Å²) in [7, 11) is 0. The Morgan fingerprint density at radius 3 is 1.87 bits per heavy atom. The van der Waals surface area contributed by atoms with Crippen molar-refractivity contribution < 1.29 is 8.83 Å². The molecule has 0 saturated carbocycles. The lowest BCUT2D eigenvalue weighted by atomic mass is 9.98. The van der Waals surface area contributed by atoms with Gasteiger partial charge in [0, 0.05) is 49.0 Å². The number of fused-ring (bicyclic) bond motifs is 10. The second-order valence-corrected chi connectivity index (χ2v) is 13.5. The monoisotopic (exact) mass is 703 g/mol. The molecule has 0 bridgehead atoms. The van der Waals surface area contributed by atoms with Crippen LogP contribution in [0.5, 0.6) is 0 Å². The van der Waals surface area contributed by atoms with Gasteiger partial charge in [0.2, 0.25) is 0 Å². The summed E-state index contributed by atoms with van der Waals surface area (Å²) in [5.74, 6) is 0.437. The van der Waals surface area contributed by atoms with E-state index in [0.717, 1.165) is 76.8 Å². The smallest absolute Gasteiger partial charge is 0.160 e. The zero-order valence-electron chi connectivity index (χ0n) is 29.0. The van der Waals surface area contributed by atoms with Gasteiger partial charge in [-0.15, -0.1) is 0 Å². The lowest BCUT2D eigenvalue weighted by Gasteiger charge is -2.14. The summed E-state index contributed by atoms with van der Waals surface area (Å²) in [4.78, 5) is 10.0. The van der Waals surface area contributed by atoms with Crippen LogP contribution in [0, 0.1) is 22.7 Å². The largest absolute Gasteiger partial charge is 0.456 e. The molecular weight excluding hydrogens is 679 g/mol. The molecule has 0 aliphatic heterocycles. The van der Waals surface area contributed by atoms with Crippen LogP contribution in [0.25, 0.3) is 105 Å². The highest BCUT2D eigenvalue weighted by atomic mass is 16.3. The molecule has 55 heavy (non-hydrogen) atoms. The van der Waals surface area contributed by atoms with Gasteiger partial charge >= 0.3 is 0 Å². The predicted molar refractivity (Wildman–Crippen MR) is 217 cm³/mol. The first-order valence-electron chi connectivity index (χ1n) is 17.9. The number of rotatable bonds is 4. The summed E-state index contributed by atoms with van der Waals surface area (Å²) in [6, 6.07) is 54.6. The Kier molecular flexibility index (Phi) is 6.54. The Bertz CT molecular complexity index is 3470. The van der Waals surface area contributed by atoms with Gasteiger partial charge in [-0.3, -0.25) is 0 Å². The van der Waals surface area contributed by atoms with Crippen LogP contribution in [0.4, 0.5) is 0 Å². The Labute approximate surface area is 313 Å². The summed E-state index contributed by atoms with van der Waals surface area (Å²) in [5, 5.41) is 27.7. The highest BCUT2D eigenvalue weighted by molar-refractivity contribution is 6.21. The van der Waals surface area contributed by atoms with Gasteiger partial charge in [-0.2, -0.15) is 10.5 Å². The lowest BCUT2D eigenvalue weighted by molar-refractivity contribution is 0.669. The quantitative estimate of drug-likeness (QED) is 0.181. The Morgan fingerprint density at radius 2 is 1.09 bits per heavy atom. The van der Waals surface area contributed by atoms with Gasteiger partial charge in [-0.05, 0) is 48.5 Å². The highest BCUT2D eigenvalue weighted by Crippen LogP contribution is 2.42. The van der Waals surface area contributed by atoms with Gasteiger partial charge in [0.15, 0.2) is 11.4 Å². The fourth-order valence-electron chi connectivity index (χ4n) is 8.02. The molecule has 0 unspecified atom stereocenters. The standard InChI is InChI=1S/C48H25N5O2/c49-26-31-24-29(19-23-39(31)53-40-15-7-4-12-32(40)36-21-22-37-34-14-6-9-17-42(34)55-47(37)46(36)53)45-38(27-50)44(28-10-2-1-3-11-28)51-48(52-45)30-18-20-35-33-13-5-8-16-41(33)54-43(35)25-30/h1-25H. The average Bonchev–Trinajstić information content (AvgIpc) is 3.92. The van der Waals surface area contributed by atoms with E-state index in [9.17, 15) is 10.5 Å². The van der Waals surface area contributed by atoms with E-state index in [2.05, 4.69) is 47.0 Å². The first-order chi connectivity index (χ1) is 27.2. The molecule has 4 aromatic heterocycles. The fourth-order valence-corrected chi connectivity index (χ4v) is 8.02. The number of nitriles is 2. The molecule has 0 spiro atoms. The Balaban J connectivity index is 1.15. The van der Waals surface area contributed by atoms with Gasteiger partial charge in [-0.1, -0.05) is 103 Å². The van der Waals surface area contributed by atoms with Gasteiger partial charge in [0.25, 0.3) is 0 Å². The van der Waals surface area contributed by atoms with E-state index in [4.69, 9.17) is 18.8 Å². The van der Waals surface area contributed by atoms with Gasteiger partial charge in [0.05, 0.1) is 33.7 Å². The SMILES string of the molecule is N#Cc1cc(-c2nc(-c3ccc4c(c3)oc3ccccc34)nc(-c3ccccc3)c2C#N)ccc1-n1c2ccccc2c2ccc3c4ccccc4oc3c21. The van der Waals surface area contributed by atoms with Crippen molar-refractivity contribution >= 4 is 65.7 Å². The third kappa shape index (κ3) is 4.54. The second kappa shape index (κ2) is 11.8. The van der Waals surface area contributed by atoms with Gasteiger partial charge in [-0.25, -0.2) is 9.97 Å². The zero-order chi connectivity index (χ0) is 36.6. The van der Waals surface area contributed by atoms with Crippen LogP contribution >= 0.6 is 0 Å². The minimum absolute atomic E-state index is 0.317. The van der Waals surface area contributed by atoms with Crippen molar-refractivity contribution in [2.45, 2.75) is 0 Å². The van der Waals surface area contributed by atoms with Gasteiger partial charge < -0.3 is 13.4 Å². The topological polar surface area (TPSA) is 105 Å². The molecule has 0 saturated heterocycles. The van der Waals surface area contributed by atoms with Crippen molar-refractivity contribution in [3.8, 4) is 51.7 Å². The van der Waals surface area contributed by atoms with Crippen LogP contribution in [-0.2, 0) is 0 Å². The number of aromatic nitrogens is 3. The molecule has 11 aromatic rings.